The Morgan fingerprint density at radius 1 is 1.40 bits per heavy atom. The van der Waals surface area contributed by atoms with Crippen molar-refractivity contribution in [2.24, 2.45) is 5.92 Å². The minimum Gasteiger partial charge on any atom is -0.396 e. The van der Waals surface area contributed by atoms with Gasteiger partial charge in [0.25, 0.3) is 0 Å². The zero-order valence-corrected chi connectivity index (χ0v) is 10.2. The molecule has 0 aromatic rings. The number of rotatable bonds is 8. The molecule has 0 atom stereocenters. The Morgan fingerprint density at radius 2 is 2.07 bits per heavy atom. The predicted molar refractivity (Wildman–Crippen MR) is 60.1 cm³/mol. The van der Waals surface area contributed by atoms with Crippen LogP contribution in [0.4, 0.5) is 0 Å². The lowest BCUT2D eigenvalue weighted by Crippen LogP contribution is -2.35. The van der Waals surface area contributed by atoms with Gasteiger partial charge < -0.3 is 5.11 Å². The second kappa shape index (κ2) is 5.82. The zero-order valence-electron chi connectivity index (χ0n) is 9.35. The van der Waals surface area contributed by atoms with Crippen LogP contribution >= 0.6 is 0 Å². The topological polar surface area (TPSA) is 57.6 Å². The summed E-state index contributed by atoms with van der Waals surface area (Å²) in [6.45, 7) is 3.23. The van der Waals surface area contributed by atoms with Gasteiger partial charge in [-0.3, -0.25) is 0 Å². The first-order valence-electron chi connectivity index (χ1n) is 5.69. The second-order valence-electron chi connectivity index (χ2n) is 4.19. The minimum absolute atomic E-state index is 0.0530. The fraction of sp³-hybridized carbons (Fsp3) is 1.00. The highest BCUT2D eigenvalue weighted by molar-refractivity contribution is 7.89. The summed E-state index contributed by atoms with van der Waals surface area (Å²) in [4.78, 5) is 0. The van der Waals surface area contributed by atoms with Crippen molar-refractivity contribution in [1.29, 1.82) is 0 Å². The van der Waals surface area contributed by atoms with Crippen LogP contribution in [0.15, 0.2) is 0 Å². The van der Waals surface area contributed by atoms with E-state index < -0.39 is 10.0 Å². The molecular weight excluding hydrogens is 214 g/mol. The lowest BCUT2D eigenvalue weighted by Gasteiger charge is -2.21. The summed E-state index contributed by atoms with van der Waals surface area (Å²) in [5, 5.41) is 8.65. The van der Waals surface area contributed by atoms with E-state index in [1.165, 1.54) is 0 Å². The molecule has 0 saturated heterocycles. The summed E-state index contributed by atoms with van der Waals surface area (Å²) < 4.78 is 25.3. The van der Waals surface area contributed by atoms with Crippen molar-refractivity contribution >= 4 is 10.0 Å². The molecule has 1 aliphatic carbocycles. The van der Waals surface area contributed by atoms with Gasteiger partial charge in [-0.25, -0.2) is 12.7 Å². The molecule has 0 aromatic heterocycles. The van der Waals surface area contributed by atoms with Gasteiger partial charge in [-0.2, -0.15) is 0 Å². The maximum absolute atomic E-state index is 11.9. The van der Waals surface area contributed by atoms with Crippen LogP contribution < -0.4 is 0 Å². The Balaban J connectivity index is 2.50. The Labute approximate surface area is 92.3 Å². The fourth-order valence-electron chi connectivity index (χ4n) is 1.56. The molecule has 1 N–H and O–H groups in total. The van der Waals surface area contributed by atoms with E-state index in [0.717, 1.165) is 19.3 Å². The van der Waals surface area contributed by atoms with Crippen LogP contribution in [0.25, 0.3) is 0 Å². The van der Waals surface area contributed by atoms with Crippen molar-refractivity contribution < 1.29 is 13.5 Å². The van der Waals surface area contributed by atoms with Crippen LogP contribution in [0.3, 0.4) is 0 Å². The smallest absolute Gasteiger partial charge is 0.214 e. The fourth-order valence-corrected chi connectivity index (χ4v) is 3.21. The van der Waals surface area contributed by atoms with Crippen LogP contribution in [-0.2, 0) is 10.0 Å². The second-order valence-corrected chi connectivity index (χ2v) is 6.28. The van der Waals surface area contributed by atoms with Gasteiger partial charge in [0.2, 0.25) is 10.0 Å². The average Bonchev–Trinajstić information content (AvgIpc) is 2.98. The third-order valence-electron chi connectivity index (χ3n) is 2.59. The van der Waals surface area contributed by atoms with Crippen molar-refractivity contribution in [2.75, 3.05) is 25.4 Å². The molecule has 0 amide bonds. The highest BCUT2D eigenvalue weighted by atomic mass is 32.2. The minimum atomic E-state index is -3.13. The first kappa shape index (κ1) is 12.9. The Hall–Kier alpha value is -0.130. The summed E-state index contributed by atoms with van der Waals surface area (Å²) in [7, 11) is -3.13. The molecule has 0 aromatic carbocycles. The van der Waals surface area contributed by atoms with Gasteiger partial charge in [-0.05, 0) is 31.6 Å². The van der Waals surface area contributed by atoms with E-state index in [2.05, 4.69) is 0 Å². The van der Waals surface area contributed by atoms with E-state index >= 15 is 0 Å². The lowest BCUT2D eigenvalue weighted by atomic mass is 10.4. The molecule has 0 heterocycles. The van der Waals surface area contributed by atoms with Gasteiger partial charge in [0, 0.05) is 19.7 Å². The molecule has 0 bridgehead atoms. The molecule has 90 valence electrons. The Bertz CT molecular complexity index is 272. The molecule has 5 heteroatoms. The molecule has 0 radical (unpaired) electrons. The normalized spacial score (nSPS) is 17.3. The van der Waals surface area contributed by atoms with Gasteiger partial charge in [-0.15, -0.1) is 0 Å². The SMILES string of the molecule is CCCN(CC1CC1)S(=O)(=O)CCCO. The first-order chi connectivity index (χ1) is 7.10. The molecule has 0 spiro atoms. The largest absolute Gasteiger partial charge is 0.396 e. The summed E-state index contributed by atoms with van der Waals surface area (Å²) in [6, 6.07) is 0. The first-order valence-corrected chi connectivity index (χ1v) is 7.29. The molecule has 1 fully saturated rings. The van der Waals surface area contributed by atoms with E-state index in [1.807, 2.05) is 6.92 Å². The highest BCUT2D eigenvalue weighted by Gasteiger charge is 2.29. The predicted octanol–water partition coefficient (Wildman–Crippen LogP) is 0.821. The standard InChI is InChI=1S/C10H21NO3S/c1-2-6-11(9-10-4-5-10)15(13,14)8-3-7-12/h10,12H,2-9H2,1H3. The summed E-state index contributed by atoms with van der Waals surface area (Å²) >= 11 is 0. The van der Waals surface area contributed by atoms with E-state index in [-0.39, 0.29) is 12.4 Å². The highest BCUT2D eigenvalue weighted by Crippen LogP contribution is 2.30. The summed E-state index contributed by atoms with van der Waals surface area (Å²) in [5.74, 6) is 0.663. The average molecular weight is 235 g/mol. The number of sulfonamides is 1. The molecule has 1 saturated carbocycles. The van der Waals surface area contributed by atoms with Gasteiger partial charge >= 0.3 is 0 Å². The van der Waals surface area contributed by atoms with E-state index in [0.29, 0.717) is 25.4 Å². The van der Waals surface area contributed by atoms with Crippen LogP contribution in [0.5, 0.6) is 0 Å². The van der Waals surface area contributed by atoms with Crippen LogP contribution in [0.1, 0.15) is 32.6 Å². The van der Waals surface area contributed by atoms with Gasteiger partial charge in [0.15, 0.2) is 0 Å². The molecule has 15 heavy (non-hydrogen) atoms. The summed E-state index contributed by atoms with van der Waals surface area (Å²) in [6.07, 6.45) is 3.52. The number of aliphatic hydroxyl groups excluding tert-OH is 1. The zero-order chi connectivity index (χ0) is 11.3. The molecule has 0 aliphatic heterocycles. The van der Waals surface area contributed by atoms with Crippen molar-refractivity contribution in [3.8, 4) is 0 Å². The molecule has 1 aliphatic rings. The number of nitrogens with zero attached hydrogens (tertiary/aromatic N) is 1. The van der Waals surface area contributed by atoms with Crippen LogP contribution in [0.2, 0.25) is 0 Å². The third-order valence-corrected chi connectivity index (χ3v) is 4.51. The van der Waals surface area contributed by atoms with E-state index in [1.54, 1.807) is 4.31 Å². The van der Waals surface area contributed by atoms with Crippen LogP contribution in [0, 0.1) is 5.92 Å². The molecule has 1 rings (SSSR count). The molecular formula is C10H21NO3S. The molecule has 4 nitrogen and oxygen atoms in total. The Kier molecular flexibility index (Phi) is 5.02. The van der Waals surface area contributed by atoms with Crippen molar-refractivity contribution in [3.63, 3.8) is 0 Å². The van der Waals surface area contributed by atoms with Gasteiger partial charge in [0.1, 0.15) is 0 Å². The maximum Gasteiger partial charge on any atom is 0.214 e. The van der Waals surface area contributed by atoms with Gasteiger partial charge in [0.05, 0.1) is 5.75 Å². The summed E-state index contributed by atoms with van der Waals surface area (Å²) in [5.41, 5.74) is 0. The monoisotopic (exact) mass is 235 g/mol. The number of aliphatic hydroxyl groups is 1. The lowest BCUT2D eigenvalue weighted by molar-refractivity contribution is 0.293. The van der Waals surface area contributed by atoms with E-state index in [4.69, 9.17) is 5.11 Å². The Morgan fingerprint density at radius 3 is 2.53 bits per heavy atom. The van der Waals surface area contributed by atoms with Crippen molar-refractivity contribution in [3.05, 3.63) is 0 Å². The maximum atomic E-state index is 11.9. The van der Waals surface area contributed by atoms with Crippen molar-refractivity contribution in [1.82, 2.24) is 4.31 Å². The van der Waals surface area contributed by atoms with Crippen molar-refractivity contribution in [2.45, 2.75) is 32.6 Å². The van der Waals surface area contributed by atoms with Crippen LogP contribution in [-0.4, -0.2) is 43.3 Å². The number of hydrogen-bond donors (Lipinski definition) is 1. The quantitative estimate of drug-likeness (QED) is 0.677. The molecule has 0 unspecified atom stereocenters. The number of hydrogen-bond acceptors (Lipinski definition) is 3. The van der Waals surface area contributed by atoms with Gasteiger partial charge in [-0.1, -0.05) is 6.92 Å². The third kappa shape index (κ3) is 4.49. The van der Waals surface area contributed by atoms with E-state index in [9.17, 15) is 8.42 Å².